The van der Waals surface area contributed by atoms with E-state index >= 15 is 0 Å². The first-order valence-electron chi connectivity index (χ1n) is 5.32. The molecule has 0 spiro atoms. The standard InChI is InChI=1S/C11H15N5/c1-3-4-8-7-10(12)15-11(14-8)9-5-6-13-16(9)2/h5-7H,3-4H2,1-2H3,(H2,12,14,15). The summed E-state index contributed by atoms with van der Waals surface area (Å²) in [7, 11) is 1.86. The zero-order chi connectivity index (χ0) is 11.5. The average Bonchev–Trinajstić information content (AvgIpc) is 2.64. The van der Waals surface area contributed by atoms with E-state index in [0.29, 0.717) is 11.6 Å². The molecule has 0 aliphatic carbocycles. The van der Waals surface area contributed by atoms with Crippen LogP contribution in [0.1, 0.15) is 19.0 Å². The van der Waals surface area contributed by atoms with Gasteiger partial charge < -0.3 is 5.73 Å². The molecule has 0 saturated carbocycles. The zero-order valence-electron chi connectivity index (χ0n) is 9.51. The summed E-state index contributed by atoms with van der Waals surface area (Å²) >= 11 is 0. The lowest BCUT2D eigenvalue weighted by Gasteiger charge is -2.05. The van der Waals surface area contributed by atoms with E-state index in [1.165, 1.54) is 0 Å². The van der Waals surface area contributed by atoms with Gasteiger partial charge >= 0.3 is 0 Å². The van der Waals surface area contributed by atoms with Crippen LogP contribution in [0.2, 0.25) is 0 Å². The smallest absolute Gasteiger partial charge is 0.180 e. The molecule has 0 aliphatic rings. The summed E-state index contributed by atoms with van der Waals surface area (Å²) < 4.78 is 1.74. The molecule has 2 rings (SSSR count). The normalized spacial score (nSPS) is 10.6. The minimum atomic E-state index is 0.509. The Morgan fingerprint density at radius 1 is 1.38 bits per heavy atom. The molecule has 5 nitrogen and oxygen atoms in total. The van der Waals surface area contributed by atoms with Crippen molar-refractivity contribution in [2.45, 2.75) is 19.8 Å². The molecule has 0 saturated heterocycles. The van der Waals surface area contributed by atoms with Gasteiger partial charge in [-0.3, -0.25) is 4.68 Å². The monoisotopic (exact) mass is 217 g/mol. The van der Waals surface area contributed by atoms with E-state index in [0.717, 1.165) is 24.2 Å². The van der Waals surface area contributed by atoms with Gasteiger partial charge in [0.25, 0.3) is 0 Å². The number of aryl methyl sites for hydroxylation is 2. The number of nitrogen functional groups attached to an aromatic ring is 1. The Balaban J connectivity index is 2.45. The molecule has 0 unspecified atom stereocenters. The minimum Gasteiger partial charge on any atom is -0.384 e. The second kappa shape index (κ2) is 4.30. The fraction of sp³-hybridized carbons (Fsp3) is 0.364. The van der Waals surface area contributed by atoms with Crippen LogP contribution in [0, 0.1) is 0 Å². The number of nitrogens with two attached hydrogens (primary N) is 1. The molecule has 5 heteroatoms. The Bertz CT molecular complexity index is 489. The Kier molecular flexibility index (Phi) is 2.85. The molecule has 16 heavy (non-hydrogen) atoms. The fourth-order valence-electron chi connectivity index (χ4n) is 1.61. The van der Waals surface area contributed by atoms with Gasteiger partial charge in [0.2, 0.25) is 0 Å². The van der Waals surface area contributed by atoms with Gasteiger partial charge in [-0.1, -0.05) is 13.3 Å². The predicted molar refractivity (Wildman–Crippen MR) is 62.6 cm³/mol. The van der Waals surface area contributed by atoms with Crippen LogP contribution in [0.3, 0.4) is 0 Å². The number of hydrogen-bond donors (Lipinski definition) is 1. The summed E-state index contributed by atoms with van der Waals surface area (Å²) in [5.74, 6) is 1.15. The van der Waals surface area contributed by atoms with E-state index in [1.54, 1.807) is 10.9 Å². The van der Waals surface area contributed by atoms with Crippen molar-refractivity contribution < 1.29 is 0 Å². The van der Waals surface area contributed by atoms with Crippen molar-refractivity contribution in [1.82, 2.24) is 19.7 Å². The van der Waals surface area contributed by atoms with Gasteiger partial charge in [0.1, 0.15) is 11.5 Å². The molecule has 0 atom stereocenters. The highest BCUT2D eigenvalue weighted by Crippen LogP contribution is 2.16. The SMILES string of the molecule is CCCc1cc(N)nc(-c2ccnn2C)n1. The van der Waals surface area contributed by atoms with E-state index in [1.807, 2.05) is 19.2 Å². The summed E-state index contributed by atoms with van der Waals surface area (Å²) in [6, 6.07) is 3.70. The maximum absolute atomic E-state index is 5.77. The number of anilines is 1. The molecular formula is C11H15N5. The van der Waals surface area contributed by atoms with E-state index in [2.05, 4.69) is 22.0 Å². The molecular weight excluding hydrogens is 202 g/mol. The highest BCUT2D eigenvalue weighted by atomic mass is 15.3. The Hall–Kier alpha value is -1.91. The van der Waals surface area contributed by atoms with Gasteiger partial charge in [-0.25, -0.2) is 9.97 Å². The van der Waals surface area contributed by atoms with E-state index in [-0.39, 0.29) is 0 Å². The van der Waals surface area contributed by atoms with Crippen LogP contribution in [-0.4, -0.2) is 19.7 Å². The van der Waals surface area contributed by atoms with Crippen LogP contribution in [0.4, 0.5) is 5.82 Å². The van der Waals surface area contributed by atoms with Crippen LogP contribution in [-0.2, 0) is 13.5 Å². The molecule has 2 heterocycles. The molecule has 0 aromatic carbocycles. The molecule has 2 N–H and O–H groups in total. The van der Waals surface area contributed by atoms with Crippen molar-refractivity contribution >= 4 is 5.82 Å². The lowest BCUT2D eigenvalue weighted by atomic mass is 10.2. The second-order valence-corrected chi connectivity index (χ2v) is 3.70. The molecule has 84 valence electrons. The topological polar surface area (TPSA) is 69.6 Å². The molecule has 0 amide bonds. The molecule has 0 bridgehead atoms. The third-order valence-corrected chi connectivity index (χ3v) is 2.36. The van der Waals surface area contributed by atoms with Crippen LogP contribution in [0.5, 0.6) is 0 Å². The Labute approximate surface area is 94.3 Å². The van der Waals surface area contributed by atoms with E-state index in [9.17, 15) is 0 Å². The summed E-state index contributed by atoms with van der Waals surface area (Å²) in [5, 5.41) is 4.09. The van der Waals surface area contributed by atoms with Gasteiger partial charge in [0.15, 0.2) is 5.82 Å². The van der Waals surface area contributed by atoms with Crippen LogP contribution < -0.4 is 5.73 Å². The van der Waals surface area contributed by atoms with Gasteiger partial charge in [0, 0.05) is 25.0 Å². The van der Waals surface area contributed by atoms with Crippen molar-refractivity contribution in [2.24, 2.45) is 7.05 Å². The zero-order valence-corrected chi connectivity index (χ0v) is 9.51. The largest absolute Gasteiger partial charge is 0.384 e. The lowest BCUT2D eigenvalue weighted by Crippen LogP contribution is -2.03. The highest BCUT2D eigenvalue weighted by molar-refractivity contribution is 5.52. The summed E-state index contributed by atoms with van der Waals surface area (Å²) in [4.78, 5) is 8.70. The summed E-state index contributed by atoms with van der Waals surface area (Å²) in [5.41, 5.74) is 7.62. The van der Waals surface area contributed by atoms with Crippen molar-refractivity contribution in [3.05, 3.63) is 24.0 Å². The third-order valence-electron chi connectivity index (χ3n) is 2.36. The van der Waals surface area contributed by atoms with E-state index < -0.39 is 0 Å². The molecule has 0 aliphatic heterocycles. The second-order valence-electron chi connectivity index (χ2n) is 3.70. The minimum absolute atomic E-state index is 0.509. The van der Waals surface area contributed by atoms with Gasteiger partial charge in [-0.2, -0.15) is 5.10 Å². The van der Waals surface area contributed by atoms with Crippen molar-refractivity contribution in [3.63, 3.8) is 0 Å². The molecule has 0 fully saturated rings. The quantitative estimate of drug-likeness (QED) is 0.844. The number of aromatic nitrogens is 4. The van der Waals surface area contributed by atoms with Crippen molar-refractivity contribution in [2.75, 3.05) is 5.73 Å². The number of hydrogen-bond acceptors (Lipinski definition) is 4. The highest BCUT2D eigenvalue weighted by Gasteiger charge is 2.08. The number of rotatable bonds is 3. The molecule has 2 aromatic rings. The Morgan fingerprint density at radius 3 is 2.81 bits per heavy atom. The van der Waals surface area contributed by atoms with Crippen LogP contribution in [0.15, 0.2) is 18.3 Å². The van der Waals surface area contributed by atoms with Crippen molar-refractivity contribution in [3.8, 4) is 11.5 Å². The Morgan fingerprint density at radius 2 is 2.19 bits per heavy atom. The van der Waals surface area contributed by atoms with Crippen LogP contribution >= 0.6 is 0 Å². The molecule has 2 aromatic heterocycles. The summed E-state index contributed by atoms with van der Waals surface area (Å²) in [6.07, 6.45) is 3.68. The molecule has 0 radical (unpaired) electrons. The maximum Gasteiger partial charge on any atom is 0.180 e. The lowest BCUT2D eigenvalue weighted by molar-refractivity contribution is 0.767. The predicted octanol–water partition coefficient (Wildman–Crippen LogP) is 1.41. The summed E-state index contributed by atoms with van der Waals surface area (Å²) in [6.45, 7) is 2.11. The first kappa shape index (κ1) is 10.6. The van der Waals surface area contributed by atoms with E-state index in [4.69, 9.17) is 5.73 Å². The average molecular weight is 217 g/mol. The first-order valence-corrected chi connectivity index (χ1v) is 5.32. The van der Waals surface area contributed by atoms with Crippen molar-refractivity contribution in [1.29, 1.82) is 0 Å². The fourth-order valence-corrected chi connectivity index (χ4v) is 1.61. The third kappa shape index (κ3) is 2.03. The van der Waals surface area contributed by atoms with Crippen LogP contribution in [0.25, 0.3) is 11.5 Å². The van der Waals surface area contributed by atoms with Gasteiger partial charge in [-0.15, -0.1) is 0 Å². The van der Waals surface area contributed by atoms with Gasteiger partial charge in [-0.05, 0) is 12.5 Å². The number of nitrogens with zero attached hydrogens (tertiary/aromatic N) is 4. The maximum atomic E-state index is 5.77. The van der Waals surface area contributed by atoms with Gasteiger partial charge in [0.05, 0.1) is 0 Å². The first-order chi connectivity index (χ1) is 7.70.